The number of nitrogens with one attached hydrogen (secondary N) is 1. The van der Waals surface area contributed by atoms with Gasteiger partial charge in [-0.2, -0.15) is 13.2 Å². The van der Waals surface area contributed by atoms with Crippen molar-refractivity contribution in [3.63, 3.8) is 0 Å². The molecule has 6 rings (SSSR count). The molecular formula is C29H35F4N5O2. The smallest absolute Gasteiger partial charge is 0.381 e. The van der Waals surface area contributed by atoms with E-state index in [-0.39, 0.29) is 31.6 Å². The van der Waals surface area contributed by atoms with Crippen LogP contribution in [0, 0.1) is 11.7 Å². The van der Waals surface area contributed by atoms with Crippen molar-refractivity contribution in [1.29, 1.82) is 0 Å². The summed E-state index contributed by atoms with van der Waals surface area (Å²) in [6.45, 7) is -0.420. The molecular weight excluding hydrogens is 526 g/mol. The van der Waals surface area contributed by atoms with E-state index in [0.717, 1.165) is 44.0 Å². The van der Waals surface area contributed by atoms with E-state index in [2.05, 4.69) is 21.3 Å². The van der Waals surface area contributed by atoms with E-state index in [0.29, 0.717) is 47.7 Å². The summed E-state index contributed by atoms with van der Waals surface area (Å²) < 4.78 is 58.7. The molecule has 2 bridgehead atoms. The van der Waals surface area contributed by atoms with Gasteiger partial charge in [0.2, 0.25) is 5.91 Å². The zero-order valence-electron chi connectivity index (χ0n) is 22.6. The Balaban J connectivity index is 1.31. The van der Waals surface area contributed by atoms with Crippen molar-refractivity contribution in [2.24, 2.45) is 5.92 Å². The van der Waals surface area contributed by atoms with Gasteiger partial charge in [-0.15, -0.1) is 0 Å². The van der Waals surface area contributed by atoms with Crippen molar-refractivity contribution >= 4 is 28.8 Å². The molecule has 1 aromatic carbocycles. The molecule has 40 heavy (non-hydrogen) atoms. The fourth-order valence-electron chi connectivity index (χ4n) is 7.03. The molecule has 11 heteroatoms. The van der Waals surface area contributed by atoms with Crippen LogP contribution >= 0.6 is 0 Å². The summed E-state index contributed by atoms with van der Waals surface area (Å²) in [6, 6.07) is 8.20. The van der Waals surface area contributed by atoms with Crippen LogP contribution < -0.4 is 15.1 Å². The molecule has 216 valence electrons. The minimum atomic E-state index is -4.26. The first-order valence-corrected chi connectivity index (χ1v) is 14.2. The predicted molar refractivity (Wildman–Crippen MR) is 144 cm³/mol. The zero-order valence-corrected chi connectivity index (χ0v) is 22.6. The molecule has 5 heterocycles. The van der Waals surface area contributed by atoms with E-state index in [1.807, 2.05) is 12.1 Å². The number of hydrogen-bond donors (Lipinski definition) is 1. The number of ether oxygens (including phenoxy) is 1. The van der Waals surface area contributed by atoms with Gasteiger partial charge in [-0.05, 0) is 82.3 Å². The Hall–Kier alpha value is -2.92. The van der Waals surface area contributed by atoms with Gasteiger partial charge in [0.1, 0.15) is 11.6 Å². The molecule has 0 radical (unpaired) electrons. The average Bonchev–Trinajstić information content (AvgIpc) is 3.12. The maximum Gasteiger partial charge on any atom is 0.401 e. The number of amides is 1. The van der Waals surface area contributed by atoms with Crippen LogP contribution in [0.25, 0.3) is 0 Å². The van der Waals surface area contributed by atoms with Gasteiger partial charge in [-0.1, -0.05) is 0 Å². The molecule has 2 aromatic rings. The van der Waals surface area contributed by atoms with Gasteiger partial charge < -0.3 is 19.9 Å². The summed E-state index contributed by atoms with van der Waals surface area (Å²) in [6.07, 6.45) is 3.02. The fourth-order valence-corrected chi connectivity index (χ4v) is 7.03. The van der Waals surface area contributed by atoms with E-state index in [4.69, 9.17) is 4.74 Å². The highest BCUT2D eigenvalue weighted by molar-refractivity contribution is 6.00. The number of hydrogen-bond acceptors (Lipinski definition) is 6. The second kappa shape index (κ2) is 10.8. The number of alkyl halides is 3. The van der Waals surface area contributed by atoms with E-state index >= 15 is 0 Å². The number of piperidine rings is 1. The number of methoxy groups -OCH3 is 1. The first-order valence-electron chi connectivity index (χ1n) is 14.2. The normalized spacial score (nSPS) is 25.6. The number of carbonyl (C=O) groups excluding carboxylic acids is 1. The quantitative estimate of drug-likeness (QED) is 0.489. The minimum absolute atomic E-state index is 0.129. The summed E-state index contributed by atoms with van der Waals surface area (Å²) in [5, 5.41) is 3.30. The second-order valence-corrected chi connectivity index (χ2v) is 11.5. The van der Waals surface area contributed by atoms with Crippen LogP contribution in [0.1, 0.15) is 50.5 Å². The minimum Gasteiger partial charge on any atom is -0.381 e. The van der Waals surface area contributed by atoms with E-state index in [1.54, 1.807) is 12.0 Å². The molecule has 0 spiro atoms. The fraction of sp³-hybridized carbons (Fsp3) is 0.586. The van der Waals surface area contributed by atoms with Gasteiger partial charge >= 0.3 is 6.18 Å². The van der Waals surface area contributed by atoms with E-state index in [1.165, 1.54) is 11.0 Å². The molecule has 0 saturated carbocycles. The third kappa shape index (κ3) is 5.50. The molecule has 3 atom stereocenters. The Kier molecular flexibility index (Phi) is 7.37. The van der Waals surface area contributed by atoms with Crippen LogP contribution in [-0.4, -0.2) is 66.9 Å². The Bertz CT molecular complexity index is 1250. The van der Waals surface area contributed by atoms with Gasteiger partial charge in [-0.25, -0.2) is 9.37 Å². The number of rotatable bonds is 4. The van der Waals surface area contributed by atoms with Crippen LogP contribution in [0.4, 0.5) is 40.4 Å². The average molecular weight is 562 g/mol. The molecule has 4 aliphatic heterocycles. The Labute approximate surface area is 231 Å². The molecule has 3 saturated heterocycles. The van der Waals surface area contributed by atoms with Crippen molar-refractivity contribution in [2.75, 3.05) is 41.9 Å². The molecule has 3 fully saturated rings. The summed E-state index contributed by atoms with van der Waals surface area (Å²) >= 11 is 0. The lowest BCUT2D eigenvalue weighted by Crippen LogP contribution is -2.45. The first kappa shape index (κ1) is 27.3. The lowest BCUT2D eigenvalue weighted by Gasteiger charge is -2.35. The number of aromatic nitrogens is 1. The summed E-state index contributed by atoms with van der Waals surface area (Å²) in [5.41, 5.74) is 2.97. The number of pyridine rings is 1. The lowest BCUT2D eigenvalue weighted by atomic mass is 9.94. The van der Waals surface area contributed by atoms with Crippen molar-refractivity contribution in [3.8, 4) is 0 Å². The van der Waals surface area contributed by atoms with Crippen molar-refractivity contribution in [3.05, 3.63) is 41.8 Å². The highest BCUT2D eigenvalue weighted by Crippen LogP contribution is 2.44. The van der Waals surface area contributed by atoms with Crippen LogP contribution in [0.15, 0.2) is 30.5 Å². The molecule has 1 amide bonds. The number of fused-ring (bicyclic) bond motifs is 4. The van der Waals surface area contributed by atoms with Crippen molar-refractivity contribution in [2.45, 2.75) is 75.9 Å². The highest BCUT2D eigenvalue weighted by Gasteiger charge is 2.40. The summed E-state index contributed by atoms with van der Waals surface area (Å²) in [7, 11) is 1.77. The third-order valence-corrected chi connectivity index (χ3v) is 9.00. The number of halogens is 4. The predicted octanol–water partition coefficient (Wildman–Crippen LogP) is 5.62. The van der Waals surface area contributed by atoms with Crippen LogP contribution in [0.5, 0.6) is 0 Å². The van der Waals surface area contributed by atoms with Crippen LogP contribution in [0.2, 0.25) is 0 Å². The molecule has 1 aromatic heterocycles. The lowest BCUT2D eigenvalue weighted by molar-refractivity contribution is -0.149. The monoisotopic (exact) mass is 561 g/mol. The Morgan fingerprint density at radius 2 is 1.82 bits per heavy atom. The number of likely N-dealkylation sites (tertiary alicyclic amines) is 1. The second-order valence-electron chi connectivity index (χ2n) is 11.5. The maximum atomic E-state index is 14.2. The SMILES string of the molecule is CO[C@@H]1CC[C@@H]2CC[C@H](C1)N2c1ccc2c(c1)N(C(=O)C1CCN(CC(F)(F)F)CC1)Cc1cc(F)cnc1N2. The van der Waals surface area contributed by atoms with Crippen LogP contribution in [-0.2, 0) is 16.1 Å². The number of anilines is 4. The molecule has 1 N–H and O–H groups in total. The maximum absolute atomic E-state index is 14.2. The van der Waals surface area contributed by atoms with Gasteiger partial charge in [0.25, 0.3) is 0 Å². The summed E-state index contributed by atoms with van der Waals surface area (Å²) in [4.78, 5) is 23.8. The number of nitrogens with zero attached hydrogens (tertiary/aromatic N) is 4. The standard InChI is InChI=1S/C29H35F4N5O2/c1-40-24-6-4-21-2-3-22(13-24)38(21)23-5-7-25-26(14-23)37(16-19-12-20(30)15-34-27(19)35-25)28(39)18-8-10-36(11-9-18)17-29(31,32)33/h5,7,12,14-15,18,21-22,24H,2-4,6,8-11,13,16-17H2,1H3,(H,34,35)/t21-,22+,24+/m0/s1. The summed E-state index contributed by atoms with van der Waals surface area (Å²) in [5.74, 6) is -0.569. The molecule has 0 aliphatic carbocycles. The molecule has 4 aliphatic rings. The largest absolute Gasteiger partial charge is 0.401 e. The number of benzene rings is 1. The number of carbonyl (C=O) groups is 1. The third-order valence-electron chi connectivity index (χ3n) is 9.00. The Morgan fingerprint density at radius 1 is 1.07 bits per heavy atom. The zero-order chi connectivity index (χ0) is 28.0. The van der Waals surface area contributed by atoms with E-state index < -0.39 is 24.5 Å². The van der Waals surface area contributed by atoms with Gasteiger partial charge in [-0.3, -0.25) is 9.69 Å². The van der Waals surface area contributed by atoms with Gasteiger partial charge in [0.05, 0.1) is 36.8 Å². The van der Waals surface area contributed by atoms with E-state index in [9.17, 15) is 22.4 Å². The van der Waals surface area contributed by atoms with Gasteiger partial charge in [0, 0.05) is 36.4 Å². The Morgan fingerprint density at radius 3 is 2.58 bits per heavy atom. The van der Waals surface area contributed by atoms with Crippen LogP contribution in [0.3, 0.4) is 0 Å². The van der Waals surface area contributed by atoms with Gasteiger partial charge in [0.15, 0.2) is 0 Å². The topological polar surface area (TPSA) is 60.9 Å². The first-order chi connectivity index (χ1) is 19.2. The van der Waals surface area contributed by atoms with Crippen molar-refractivity contribution in [1.82, 2.24) is 9.88 Å². The molecule has 7 nitrogen and oxygen atoms in total. The van der Waals surface area contributed by atoms with Crippen molar-refractivity contribution < 1.29 is 27.1 Å². The highest BCUT2D eigenvalue weighted by atomic mass is 19.4. The molecule has 0 unspecified atom stereocenters.